The number of Topliss-reactive ketones (excluding diaryl/α,β-unsaturated/α-hetero) is 2. The lowest BCUT2D eigenvalue weighted by molar-refractivity contribution is -0.142. The van der Waals surface area contributed by atoms with Crippen LogP contribution in [0.1, 0.15) is 50.5 Å². The van der Waals surface area contributed by atoms with E-state index in [2.05, 4.69) is 15.9 Å². The molecule has 160 valence electrons. The Morgan fingerprint density at radius 1 is 0.871 bits per heavy atom. The van der Waals surface area contributed by atoms with E-state index in [0.717, 1.165) is 27.1 Å². The molecule has 0 atom stereocenters. The number of aryl methyl sites for hydroxylation is 2. The maximum absolute atomic E-state index is 12.6. The highest BCUT2D eigenvalue weighted by Crippen LogP contribution is 2.23. The standard InChI is InChI=1S/C25H24BrNO4/c1-16-4-6-19(7-5-16)23(28)12-13-25(30)31-15-24(29)22-14-17(2)27(18(22)3)21-10-8-20(26)9-11-21/h4-11,14H,12-13,15H2,1-3H3. The summed E-state index contributed by atoms with van der Waals surface area (Å²) in [6.45, 7) is 5.39. The molecule has 0 unspecified atom stereocenters. The summed E-state index contributed by atoms with van der Waals surface area (Å²) in [5.41, 5.74) is 4.80. The van der Waals surface area contributed by atoms with Crippen molar-refractivity contribution in [1.29, 1.82) is 0 Å². The first-order chi connectivity index (χ1) is 14.8. The summed E-state index contributed by atoms with van der Waals surface area (Å²) in [6.07, 6.45) is -0.00787. The molecule has 1 heterocycles. The number of hydrogen-bond donors (Lipinski definition) is 0. The Morgan fingerprint density at radius 3 is 2.16 bits per heavy atom. The van der Waals surface area contributed by atoms with Crippen LogP contribution in [-0.2, 0) is 9.53 Å². The number of nitrogens with zero attached hydrogens (tertiary/aromatic N) is 1. The third-order valence-electron chi connectivity index (χ3n) is 5.11. The van der Waals surface area contributed by atoms with Gasteiger partial charge in [0.1, 0.15) is 0 Å². The highest BCUT2D eigenvalue weighted by molar-refractivity contribution is 9.10. The zero-order chi connectivity index (χ0) is 22.5. The van der Waals surface area contributed by atoms with Crippen molar-refractivity contribution < 1.29 is 19.1 Å². The van der Waals surface area contributed by atoms with E-state index < -0.39 is 5.97 Å². The third-order valence-corrected chi connectivity index (χ3v) is 5.64. The van der Waals surface area contributed by atoms with Crippen molar-refractivity contribution in [3.63, 3.8) is 0 Å². The van der Waals surface area contributed by atoms with Gasteiger partial charge in [0.05, 0.1) is 6.42 Å². The van der Waals surface area contributed by atoms with Crippen LogP contribution in [-0.4, -0.2) is 28.7 Å². The van der Waals surface area contributed by atoms with Crippen LogP contribution in [0.4, 0.5) is 0 Å². The summed E-state index contributed by atoms with van der Waals surface area (Å²) < 4.78 is 8.10. The lowest BCUT2D eigenvalue weighted by Crippen LogP contribution is -2.15. The second-order valence-electron chi connectivity index (χ2n) is 7.47. The van der Waals surface area contributed by atoms with Crippen molar-refractivity contribution in [3.8, 4) is 5.69 Å². The zero-order valence-electron chi connectivity index (χ0n) is 17.8. The number of benzene rings is 2. The number of esters is 1. The predicted octanol–water partition coefficient (Wildman–Crippen LogP) is 5.55. The van der Waals surface area contributed by atoms with E-state index in [1.54, 1.807) is 18.2 Å². The number of halogens is 1. The molecule has 0 fully saturated rings. The summed E-state index contributed by atoms with van der Waals surface area (Å²) in [7, 11) is 0. The molecule has 1 aromatic heterocycles. The van der Waals surface area contributed by atoms with Gasteiger partial charge in [0.15, 0.2) is 12.4 Å². The van der Waals surface area contributed by atoms with Gasteiger partial charge in [-0.3, -0.25) is 14.4 Å². The molecule has 5 nitrogen and oxygen atoms in total. The van der Waals surface area contributed by atoms with Gasteiger partial charge >= 0.3 is 5.97 Å². The van der Waals surface area contributed by atoms with Gasteiger partial charge in [-0.25, -0.2) is 0 Å². The number of aromatic nitrogens is 1. The molecule has 0 spiro atoms. The summed E-state index contributed by atoms with van der Waals surface area (Å²) in [4.78, 5) is 36.9. The van der Waals surface area contributed by atoms with E-state index in [0.29, 0.717) is 11.1 Å². The van der Waals surface area contributed by atoms with Gasteiger partial charge in [0, 0.05) is 39.1 Å². The molecule has 6 heteroatoms. The van der Waals surface area contributed by atoms with Gasteiger partial charge in [0.2, 0.25) is 5.78 Å². The van der Waals surface area contributed by atoms with Crippen molar-refractivity contribution >= 4 is 33.5 Å². The topological polar surface area (TPSA) is 65.4 Å². The van der Waals surface area contributed by atoms with Gasteiger partial charge < -0.3 is 9.30 Å². The summed E-state index contributed by atoms with van der Waals surface area (Å²) in [5.74, 6) is -0.952. The number of rotatable bonds is 8. The van der Waals surface area contributed by atoms with Crippen LogP contribution in [0.25, 0.3) is 5.69 Å². The van der Waals surface area contributed by atoms with Crippen LogP contribution in [0, 0.1) is 20.8 Å². The van der Waals surface area contributed by atoms with E-state index in [-0.39, 0.29) is 31.0 Å². The lowest BCUT2D eigenvalue weighted by atomic mass is 10.1. The van der Waals surface area contributed by atoms with E-state index in [1.165, 1.54) is 0 Å². The molecule has 3 rings (SSSR count). The molecule has 0 aliphatic rings. The first-order valence-corrected chi connectivity index (χ1v) is 10.8. The lowest BCUT2D eigenvalue weighted by Gasteiger charge is -2.10. The van der Waals surface area contributed by atoms with Gasteiger partial charge in [-0.15, -0.1) is 0 Å². The van der Waals surface area contributed by atoms with Crippen molar-refractivity contribution in [2.75, 3.05) is 6.61 Å². The summed E-state index contributed by atoms with van der Waals surface area (Å²) in [5, 5.41) is 0. The van der Waals surface area contributed by atoms with E-state index in [4.69, 9.17) is 4.74 Å². The minimum atomic E-state index is -0.560. The van der Waals surface area contributed by atoms with Crippen LogP contribution < -0.4 is 0 Å². The van der Waals surface area contributed by atoms with Gasteiger partial charge in [-0.1, -0.05) is 45.8 Å². The largest absolute Gasteiger partial charge is 0.457 e. The molecule has 0 aliphatic carbocycles. The molecule has 0 N–H and O–H groups in total. The van der Waals surface area contributed by atoms with Gasteiger partial charge in [0.25, 0.3) is 0 Å². The number of carbonyl (C=O) groups is 3. The summed E-state index contributed by atoms with van der Waals surface area (Å²) in [6, 6.07) is 16.8. The first kappa shape index (κ1) is 22.7. The van der Waals surface area contributed by atoms with Crippen molar-refractivity contribution in [1.82, 2.24) is 4.57 Å². The Labute approximate surface area is 190 Å². The molecule has 0 aliphatic heterocycles. The Balaban J connectivity index is 1.57. The fourth-order valence-electron chi connectivity index (χ4n) is 3.43. The van der Waals surface area contributed by atoms with Crippen molar-refractivity contribution in [3.05, 3.63) is 87.1 Å². The van der Waals surface area contributed by atoms with Crippen molar-refractivity contribution in [2.45, 2.75) is 33.6 Å². The number of ketones is 2. The van der Waals surface area contributed by atoms with Crippen molar-refractivity contribution in [2.24, 2.45) is 0 Å². The first-order valence-electron chi connectivity index (χ1n) is 10.00. The number of hydrogen-bond acceptors (Lipinski definition) is 4. The summed E-state index contributed by atoms with van der Waals surface area (Å²) >= 11 is 3.42. The molecule has 0 radical (unpaired) electrons. The molecule has 31 heavy (non-hydrogen) atoms. The highest BCUT2D eigenvalue weighted by Gasteiger charge is 2.18. The maximum Gasteiger partial charge on any atom is 0.306 e. The Bertz CT molecular complexity index is 1110. The van der Waals surface area contributed by atoms with Gasteiger partial charge in [-0.2, -0.15) is 0 Å². The average molecular weight is 482 g/mol. The van der Waals surface area contributed by atoms with Crippen LogP contribution in [0.5, 0.6) is 0 Å². The maximum atomic E-state index is 12.6. The van der Waals surface area contributed by atoms with Crippen LogP contribution in [0.15, 0.2) is 59.1 Å². The molecule has 3 aromatic rings. The zero-order valence-corrected chi connectivity index (χ0v) is 19.4. The molecule has 0 bridgehead atoms. The fourth-order valence-corrected chi connectivity index (χ4v) is 3.69. The fraction of sp³-hybridized carbons (Fsp3) is 0.240. The third kappa shape index (κ3) is 5.58. The van der Waals surface area contributed by atoms with Gasteiger partial charge in [-0.05, 0) is 51.1 Å². The average Bonchev–Trinajstić information content (AvgIpc) is 3.05. The normalized spacial score (nSPS) is 10.7. The minimum Gasteiger partial charge on any atom is -0.457 e. The predicted molar refractivity (Wildman–Crippen MR) is 123 cm³/mol. The number of carbonyl (C=O) groups excluding carboxylic acids is 3. The van der Waals surface area contributed by atoms with E-state index >= 15 is 0 Å². The molecule has 0 saturated heterocycles. The van der Waals surface area contributed by atoms with Crippen LogP contribution in [0.2, 0.25) is 0 Å². The Morgan fingerprint density at radius 2 is 1.52 bits per heavy atom. The quantitative estimate of drug-likeness (QED) is 0.312. The molecular weight excluding hydrogens is 458 g/mol. The Hall–Kier alpha value is -2.99. The second kappa shape index (κ2) is 9.88. The molecular formula is C25H24BrNO4. The highest BCUT2D eigenvalue weighted by atomic mass is 79.9. The Kier molecular flexibility index (Phi) is 7.23. The molecule has 2 aromatic carbocycles. The molecule has 0 amide bonds. The SMILES string of the molecule is Cc1ccc(C(=O)CCC(=O)OCC(=O)c2cc(C)n(-c3ccc(Br)cc3)c2C)cc1. The number of ether oxygens (including phenoxy) is 1. The second-order valence-corrected chi connectivity index (χ2v) is 8.39. The minimum absolute atomic E-state index is 0.0498. The molecule has 0 saturated carbocycles. The smallest absolute Gasteiger partial charge is 0.306 e. The van der Waals surface area contributed by atoms with Crippen LogP contribution in [0.3, 0.4) is 0 Å². The monoisotopic (exact) mass is 481 g/mol. The van der Waals surface area contributed by atoms with E-state index in [1.807, 2.05) is 61.7 Å². The van der Waals surface area contributed by atoms with Crippen LogP contribution >= 0.6 is 15.9 Å². The van der Waals surface area contributed by atoms with E-state index in [9.17, 15) is 14.4 Å².